The Morgan fingerprint density at radius 1 is 1.36 bits per heavy atom. The molecule has 1 unspecified atom stereocenters. The van der Waals surface area contributed by atoms with Crippen LogP contribution in [0.4, 0.5) is 0 Å². The largest absolute Gasteiger partial charge is 0.327 e. The molecule has 1 aromatic heterocycles. The fraction of sp³-hybridized carbons (Fsp3) is 0.533. The zero-order chi connectivity index (χ0) is 15.7. The number of nitrogens with zero attached hydrogens (tertiary/aromatic N) is 3. The predicted octanol–water partition coefficient (Wildman–Crippen LogP) is 1.48. The van der Waals surface area contributed by atoms with Crippen LogP contribution in [-0.4, -0.2) is 41.7 Å². The first-order valence-corrected chi connectivity index (χ1v) is 9.41. The molecule has 2 aromatic rings. The highest BCUT2D eigenvalue weighted by atomic mass is 32.2. The second-order valence-electron chi connectivity index (χ2n) is 5.76. The minimum Gasteiger partial charge on any atom is -0.327 e. The van der Waals surface area contributed by atoms with Gasteiger partial charge >= 0.3 is 0 Å². The topological polar surface area (TPSA) is 81.2 Å². The Balaban J connectivity index is 1.92. The summed E-state index contributed by atoms with van der Waals surface area (Å²) in [5.41, 5.74) is 2.14. The van der Waals surface area contributed by atoms with Crippen LogP contribution in [0.25, 0.3) is 11.0 Å². The van der Waals surface area contributed by atoms with E-state index in [0.29, 0.717) is 6.54 Å². The molecule has 1 fully saturated rings. The van der Waals surface area contributed by atoms with E-state index in [2.05, 4.69) is 22.5 Å². The van der Waals surface area contributed by atoms with Crippen molar-refractivity contribution in [3.05, 3.63) is 30.1 Å². The molecule has 1 saturated heterocycles. The molecule has 1 aliphatic heterocycles. The number of hydrogen-bond donors (Lipinski definition) is 1. The molecule has 0 aliphatic carbocycles. The van der Waals surface area contributed by atoms with Crippen molar-refractivity contribution in [2.45, 2.75) is 32.4 Å². The number of fused-ring (bicyclic) bond motifs is 1. The molecular formula is C15H22N4O2S. The highest BCUT2D eigenvalue weighted by Gasteiger charge is 2.30. The van der Waals surface area contributed by atoms with Gasteiger partial charge in [0.25, 0.3) is 0 Å². The number of sulfonamides is 1. The van der Waals surface area contributed by atoms with Crippen LogP contribution in [0, 0.1) is 0 Å². The fourth-order valence-corrected chi connectivity index (χ4v) is 3.80. The van der Waals surface area contributed by atoms with Crippen LogP contribution in [0.2, 0.25) is 0 Å². The molecule has 0 bridgehead atoms. The number of aromatic nitrogens is 2. The average Bonchev–Trinajstić information content (AvgIpc) is 3.07. The zero-order valence-corrected chi connectivity index (χ0v) is 13.6. The molecule has 7 heteroatoms. The highest BCUT2D eigenvalue weighted by molar-refractivity contribution is 7.89. The van der Waals surface area contributed by atoms with Crippen LogP contribution in [0.15, 0.2) is 24.3 Å². The van der Waals surface area contributed by atoms with Gasteiger partial charge in [-0.1, -0.05) is 12.1 Å². The molecule has 2 heterocycles. The molecule has 120 valence electrons. The van der Waals surface area contributed by atoms with E-state index in [1.54, 1.807) is 0 Å². The summed E-state index contributed by atoms with van der Waals surface area (Å²) < 4.78 is 24.7. The summed E-state index contributed by atoms with van der Waals surface area (Å²) in [6, 6.07) is 8.29. The lowest BCUT2D eigenvalue weighted by atomic mass is 10.2. The molecule has 3 rings (SSSR count). The number of rotatable bonds is 5. The maximum atomic E-state index is 11.2. The molecule has 6 nitrogen and oxygen atoms in total. The molecule has 0 spiro atoms. The van der Waals surface area contributed by atoms with Crippen molar-refractivity contribution in [1.29, 1.82) is 0 Å². The standard InChI is InChI=1S/C15H22N4O2S/c1-2-19-13-7-4-3-6-12(13)17-15(19)14-8-5-9-18(14)10-11-22(16,20)21/h3-4,6-7,14H,2,5,8-11H2,1H3,(H2,16,20,21). The lowest BCUT2D eigenvalue weighted by Crippen LogP contribution is -2.32. The van der Waals surface area contributed by atoms with Gasteiger partial charge in [-0.15, -0.1) is 0 Å². The van der Waals surface area contributed by atoms with Gasteiger partial charge in [-0.05, 0) is 38.4 Å². The number of hydrogen-bond acceptors (Lipinski definition) is 4. The summed E-state index contributed by atoms with van der Waals surface area (Å²) >= 11 is 0. The van der Waals surface area contributed by atoms with E-state index < -0.39 is 10.0 Å². The number of primary sulfonamides is 1. The smallest absolute Gasteiger partial charge is 0.210 e. The Morgan fingerprint density at radius 3 is 2.86 bits per heavy atom. The van der Waals surface area contributed by atoms with E-state index in [4.69, 9.17) is 10.1 Å². The number of benzene rings is 1. The molecule has 0 radical (unpaired) electrons. The van der Waals surface area contributed by atoms with Crippen LogP contribution >= 0.6 is 0 Å². The van der Waals surface area contributed by atoms with E-state index in [1.807, 2.05) is 18.2 Å². The third-order valence-corrected chi connectivity index (χ3v) is 5.08. The molecule has 0 saturated carbocycles. The number of nitrogens with two attached hydrogens (primary N) is 1. The minimum atomic E-state index is -3.43. The number of aryl methyl sites for hydroxylation is 1. The first-order valence-electron chi connectivity index (χ1n) is 7.69. The van der Waals surface area contributed by atoms with Crippen LogP contribution in [0.3, 0.4) is 0 Å². The van der Waals surface area contributed by atoms with E-state index in [-0.39, 0.29) is 11.8 Å². The fourth-order valence-electron chi connectivity index (χ4n) is 3.31. The van der Waals surface area contributed by atoms with Gasteiger partial charge in [-0.3, -0.25) is 4.90 Å². The Morgan fingerprint density at radius 2 is 2.14 bits per heavy atom. The van der Waals surface area contributed by atoms with Crippen LogP contribution < -0.4 is 5.14 Å². The lowest BCUT2D eigenvalue weighted by molar-refractivity contribution is 0.258. The second-order valence-corrected chi connectivity index (χ2v) is 7.50. The molecule has 0 amide bonds. The van der Waals surface area contributed by atoms with Gasteiger partial charge in [0, 0.05) is 13.1 Å². The monoisotopic (exact) mass is 322 g/mol. The van der Waals surface area contributed by atoms with E-state index >= 15 is 0 Å². The number of imidazole rings is 1. The lowest BCUT2D eigenvalue weighted by Gasteiger charge is -2.24. The quantitative estimate of drug-likeness (QED) is 0.904. The zero-order valence-electron chi connectivity index (χ0n) is 12.8. The van der Waals surface area contributed by atoms with Gasteiger partial charge in [0.1, 0.15) is 5.82 Å². The van der Waals surface area contributed by atoms with Crippen molar-refractivity contribution >= 4 is 21.1 Å². The maximum Gasteiger partial charge on any atom is 0.210 e. The molecule has 22 heavy (non-hydrogen) atoms. The van der Waals surface area contributed by atoms with Crippen molar-refractivity contribution in [3.8, 4) is 0 Å². The summed E-state index contributed by atoms with van der Waals surface area (Å²) in [4.78, 5) is 6.99. The van der Waals surface area contributed by atoms with Gasteiger partial charge in [0.15, 0.2) is 0 Å². The van der Waals surface area contributed by atoms with Crippen LogP contribution in [-0.2, 0) is 16.6 Å². The third-order valence-electron chi connectivity index (χ3n) is 4.33. The summed E-state index contributed by atoms with van der Waals surface area (Å²) in [6.45, 7) is 4.33. The maximum absolute atomic E-state index is 11.2. The summed E-state index contributed by atoms with van der Waals surface area (Å²) in [6.07, 6.45) is 2.07. The Kier molecular flexibility index (Phi) is 4.20. The molecule has 1 aromatic carbocycles. The number of likely N-dealkylation sites (tertiary alicyclic amines) is 1. The Bertz CT molecular complexity index is 769. The molecular weight excluding hydrogens is 300 g/mol. The highest BCUT2D eigenvalue weighted by Crippen LogP contribution is 2.33. The van der Waals surface area contributed by atoms with E-state index in [0.717, 1.165) is 42.8 Å². The van der Waals surface area contributed by atoms with Crippen LogP contribution in [0.1, 0.15) is 31.6 Å². The van der Waals surface area contributed by atoms with Crippen molar-refractivity contribution in [3.63, 3.8) is 0 Å². The van der Waals surface area contributed by atoms with Crippen molar-refractivity contribution in [2.75, 3.05) is 18.8 Å². The first-order chi connectivity index (χ1) is 10.5. The van der Waals surface area contributed by atoms with Gasteiger partial charge in [0.2, 0.25) is 10.0 Å². The van der Waals surface area contributed by atoms with Gasteiger partial charge in [-0.2, -0.15) is 0 Å². The van der Waals surface area contributed by atoms with Crippen molar-refractivity contribution in [2.24, 2.45) is 5.14 Å². The number of para-hydroxylation sites is 2. The first kappa shape index (κ1) is 15.5. The van der Waals surface area contributed by atoms with Gasteiger partial charge in [-0.25, -0.2) is 18.5 Å². The Hall–Kier alpha value is -1.44. The van der Waals surface area contributed by atoms with E-state index in [9.17, 15) is 8.42 Å². The summed E-state index contributed by atoms with van der Waals surface area (Å²) in [5.74, 6) is 1.03. The SMILES string of the molecule is CCn1c(C2CCCN2CCS(N)(=O)=O)nc2ccccc21. The van der Waals surface area contributed by atoms with E-state index in [1.165, 1.54) is 0 Å². The van der Waals surface area contributed by atoms with Crippen molar-refractivity contribution < 1.29 is 8.42 Å². The molecule has 1 aliphatic rings. The minimum absolute atomic E-state index is 0.00411. The third kappa shape index (κ3) is 3.02. The summed E-state index contributed by atoms with van der Waals surface area (Å²) in [5, 5.41) is 5.14. The molecule has 2 N–H and O–H groups in total. The van der Waals surface area contributed by atoms with Crippen LogP contribution in [0.5, 0.6) is 0 Å². The predicted molar refractivity (Wildman–Crippen MR) is 86.9 cm³/mol. The Labute approximate surface area is 131 Å². The second kappa shape index (κ2) is 5.98. The van der Waals surface area contributed by atoms with Crippen molar-refractivity contribution in [1.82, 2.24) is 14.5 Å². The normalized spacial score (nSPS) is 20.0. The van der Waals surface area contributed by atoms with Gasteiger partial charge < -0.3 is 4.57 Å². The average molecular weight is 322 g/mol. The summed E-state index contributed by atoms with van der Waals surface area (Å²) in [7, 11) is -3.43. The molecule has 1 atom stereocenters. The van der Waals surface area contributed by atoms with Gasteiger partial charge in [0.05, 0.1) is 22.8 Å².